The van der Waals surface area contributed by atoms with E-state index in [0.717, 1.165) is 44.5 Å². The van der Waals surface area contributed by atoms with Crippen molar-refractivity contribution in [1.82, 2.24) is 10.2 Å². The first-order valence-electron chi connectivity index (χ1n) is 11.8. The second-order valence-electron chi connectivity index (χ2n) is 9.52. The van der Waals surface area contributed by atoms with Gasteiger partial charge >= 0.3 is 0 Å². The summed E-state index contributed by atoms with van der Waals surface area (Å²) in [4.78, 5) is 16.3. The Morgan fingerprint density at radius 1 is 1.16 bits per heavy atom. The van der Waals surface area contributed by atoms with Crippen molar-refractivity contribution in [3.05, 3.63) is 29.3 Å². The highest BCUT2D eigenvalue weighted by molar-refractivity contribution is 7.93. The Morgan fingerprint density at radius 3 is 2.53 bits per heavy atom. The van der Waals surface area contributed by atoms with Crippen molar-refractivity contribution in [2.45, 2.75) is 61.6 Å². The molecule has 2 saturated heterocycles. The highest BCUT2D eigenvalue weighted by Gasteiger charge is 2.53. The predicted molar refractivity (Wildman–Crippen MR) is 122 cm³/mol. The summed E-state index contributed by atoms with van der Waals surface area (Å²) in [6, 6.07) is 5.58. The molecule has 178 valence electrons. The molecular formula is C24H36N2O5S. The number of carbonyl (C=O) groups is 1. The number of nitrogens with zero attached hydrogens (tertiary/aromatic N) is 1. The third-order valence-corrected chi connectivity index (χ3v) is 10.1. The number of aryl methyl sites for hydroxylation is 2. The van der Waals surface area contributed by atoms with Gasteiger partial charge in [0.1, 0.15) is 0 Å². The Kier molecular flexibility index (Phi) is 7.24. The van der Waals surface area contributed by atoms with E-state index in [1.807, 2.05) is 19.1 Å². The Morgan fingerprint density at radius 2 is 1.88 bits per heavy atom. The standard InChI is InChI=1S/C24H36N2O5S/c1-18-5-6-19(2)22(15-18)32(28,29)24(8-3-4-9-24)23(27)25-16-21(20-7-12-31-17-20)26-10-13-30-14-11-26/h5-6,15,20-21H,3-4,7-14,16-17H2,1-2H3,(H,25,27). The lowest BCUT2D eigenvalue weighted by molar-refractivity contribution is -0.124. The summed E-state index contributed by atoms with van der Waals surface area (Å²) in [5.41, 5.74) is 1.58. The highest BCUT2D eigenvalue weighted by Crippen LogP contribution is 2.42. The van der Waals surface area contributed by atoms with Crippen LogP contribution in [-0.4, -0.2) is 76.1 Å². The molecule has 3 fully saturated rings. The van der Waals surface area contributed by atoms with Gasteiger partial charge in [-0.05, 0) is 50.3 Å². The normalized spacial score (nSPS) is 25.0. The van der Waals surface area contributed by atoms with Gasteiger partial charge in [-0.1, -0.05) is 25.0 Å². The molecule has 3 aliphatic rings. The van der Waals surface area contributed by atoms with Crippen LogP contribution in [0.2, 0.25) is 0 Å². The number of rotatable bonds is 7. The van der Waals surface area contributed by atoms with Crippen LogP contribution < -0.4 is 5.32 Å². The molecule has 1 aromatic rings. The van der Waals surface area contributed by atoms with Gasteiger partial charge in [0.25, 0.3) is 0 Å². The largest absolute Gasteiger partial charge is 0.381 e. The Labute approximate surface area is 191 Å². The van der Waals surface area contributed by atoms with Crippen LogP contribution in [0.5, 0.6) is 0 Å². The summed E-state index contributed by atoms with van der Waals surface area (Å²) < 4.78 is 37.5. The third-order valence-electron chi connectivity index (χ3n) is 7.47. The van der Waals surface area contributed by atoms with Gasteiger partial charge in [0.05, 0.1) is 24.7 Å². The van der Waals surface area contributed by atoms with Gasteiger partial charge in [-0.3, -0.25) is 9.69 Å². The summed E-state index contributed by atoms with van der Waals surface area (Å²) in [6.07, 6.45) is 3.22. The molecular weight excluding hydrogens is 428 g/mol. The zero-order valence-electron chi connectivity index (χ0n) is 19.3. The van der Waals surface area contributed by atoms with E-state index in [1.165, 1.54) is 0 Å². The van der Waals surface area contributed by atoms with Crippen LogP contribution in [0.1, 0.15) is 43.2 Å². The fourth-order valence-electron chi connectivity index (χ4n) is 5.49. The van der Waals surface area contributed by atoms with Crippen LogP contribution in [0, 0.1) is 19.8 Å². The maximum absolute atomic E-state index is 13.9. The van der Waals surface area contributed by atoms with Gasteiger partial charge in [0.15, 0.2) is 14.6 Å². The molecule has 0 aromatic heterocycles. The maximum atomic E-state index is 13.9. The molecule has 2 heterocycles. The van der Waals surface area contributed by atoms with E-state index in [4.69, 9.17) is 9.47 Å². The zero-order chi connectivity index (χ0) is 22.8. The van der Waals surface area contributed by atoms with Crippen molar-refractivity contribution in [3.8, 4) is 0 Å². The van der Waals surface area contributed by atoms with E-state index in [9.17, 15) is 13.2 Å². The smallest absolute Gasteiger partial charge is 0.241 e. The van der Waals surface area contributed by atoms with Crippen molar-refractivity contribution in [3.63, 3.8) is 0 Å². The molecule has 0 bridgehead atoms. The zero-order valence-corrected chi connectivity index (χ0v) is 20.1. The van der Waals surface area contributed by atoms with E-state index in [1.54, 1.807) is 13.0 Å². The maximum Gasteiger partial charge on any atom is 0.241 e. The lowest BCUT2D eigenvalue weighted by Crippen LogP contribution is -2.56. The Bertz CT molecular complexity index is 914. The SMILES string of the molecule is Cc1ccc(C)c(S(=O)(=O)C2(C(=O)NCC(C3CCOC3)N3CCOCC3)CCCC2)c1. The fourth-order valence-corrected chi connectivity index (χ4v) is 7.89. The van der Waals surface area contributed by atoms with Gasteiger partial charge in [-0.15, -0.1) is 0 Å². The number of benzene rings is 1. The number of nitrogens with one attached hydrogen (secondary N) is 1. The van der Waals surface area contributed by atoms with Crippen LogP contribution in [0.15, 0.2) is 23.1 Å². The minimum absolute atomic E-state index is 0.132. The van der Waals surface area contributed by atoms with Crippen LogP contribution >= 0.6 is 0 Å². The topological polar surface area (TPSA) is 84.9 Å². The average Bonchev–Trinajstić information content (AvgIpc) is 3.49. The van der Waals surface area contributed by atoms with E-state index in [0.29, 0.717) is 55.6 Å². The molecule has 1 amide bonds. The molecule has 2 aliphatic heterocycles. The number of amides is 1. The number of hydrogen-bond donors (Lipinski definition) is 1. The van der Waals surface area contributed by atoms with E-state index >= 15 is 0 Å². The van der Waals surface area contributed by atoms with Crippen molar-refractivity contribution < 1.29 is 22.7 Å². The first-order chi connectivity index (χ1) is 15.3. The monoisotopic (exact) mass is 464 g/mol. The lowest BCUT2D eigenvalue weighted by Gasteiger charge is -2.38. The number of carbonyl (C=O) groups excluding carboxylic acids is 1. The molecule has 7 nitrogen and oxygen atoms in total. The molecule has 2 atom stereocenters. The van der Waals surface area contributed by atoms with Crippen molar-refractivity contribution in [1.29, 1.82) is 0 Å². The molecule has 0 radical (unpaired) electrons. The number of hydrogen-bond acceptors (Lipinski definition) is 6. The highest BCUT2D eigenvalue weighted by atomic mass is 32.2. The molecule has 32 heavy (non-hydrogen) atoms. The van der Waals surface area contributed by atoms with Crippen LogP contribution in [0.4, 0.5) is 0 Å². The minimum Gasteiger partial charge on any atom is -0.381 e. The van der Waals surface area contributed by atoms with E-state index < -0.39 is 14.6 Å². The third kappa shape index (κ3) is 4.47. The molecule has 1 N–H and O–H groups in total. The summed E-state index contributed by atoms with van der Waals surface area (Å²) in [5.74, 6) is -0.00312. The van der Waals surface area contributed by atoms with Crippen LogP contribution in [0.3, 0.4) is 0 Å². The minimum atomic E-state index is -3.81. The van der Waals surface area contributed by atoms with Crippen molar-refractivity contribution in [2.75, 3.05) is 46.1 Å². The lowest BCUT2D eigenvalue weighted by atomic mass is 9.96. The summed E-state index contributed by atoms with van der Waals surface area (Å²) >= 11 is 0. The van der Waals surface area contributed by atoms with Crippen molar-refractivity contribution >= 4 is 15.7 Å². The van der Waals surface area contributed by atoms with Gasteiger partial charge in [0, 0.05) is 38.2 Å². The first-order valence-corrected chi connectivity index (χ1v) is 13.3. The molecule has 1 saturated carbocycles. The van der Waals surface area contributed by atoms with Crippen molar-refractivity contribution in [2.24, 2.45) is 5.92 Å². The molecule has 0 spiro atoms. The van der Waals surface area contributed by atoms with Gasteiger partial charge < -0.3 is 14.8 Å². The summed E-state index contributed by atoms with van der Waals surface area (Å²) in [6.45, 7) is 8.57. The van der Waals surface area contributed by atoms with Crippen LogP contribution in [-0.2, 0) is 24.1 Å². The molecule has 1 aromatic carbocycles. The van der Waals surface area contributed by atoms with Gasteiger partial charge in [0.2, 0.25) is 5.91 Å². The second-order valence-corrected chi connectivity index (χ2v) is 11.8. The second kappa shape index (κ2) is 9.79. The molecule has 2 unspecified atom stereocenters. The van der Waals surface area contributed by atoms with E-state index in [-0.39, 0.29) is 11.9 Å². The molecule has 1 aliphatic carbocycles. The number of ether oxygens (including phenoxy) is 2. The number of morpholine rings is 1. The quantitative estimate of drug-likeness (QED) is 0.666. The Balaban J connectivity index is 1.56. The summed E-state index contributed by atoms with van der Waals surface area (Å²) in [5, 5.41) is 3.09. The molecule has 8 heteroatoms. The Hall–Kier alpha value is -1.48. The predicted octanol–water partition coefficient (Wildman–Crippen LogP) is 2.24. The van der Waals surface area contributed by atoms with Gasteiger partial charge in [-0.25, -0.2) is 8.42 Å². The fraction of sp³-hybridized carbons (Fsp3) is 0.708. The van der Waals surface area contributed by atoms with E-state index in [2.05, 4.69) is 10.2 Å². The summed E-state index contributed by atoms with van der Waals surface area (Å²) in [7, 11) is -3.81. The van der Waals surface area contributed by atoms with Crippen LogP contribution in [0.25, 0.3) is 0 Å². The molecule has 4 rings (SSSR count). The first kappa shape index (κ1) is 23.7. The van der Waals surface area contributed by atoms with Gasteiger partial charge in [-0.2, -0.15) is 0 Å². The number of sulfone groups is 1. The average molecular weight is 465 g/mol.